The van der Waals surface area contributed by atoms with Crippen LogP contribution in [0, 0.1) is 10.8 Å². The number of amides is 1. The summed E-state index contributed by atoms with van der Waals surface area (Å²) in [5, 5.41) is 2.44. The molecule has 0 rings (SSSR count). The van der Waals surface area contributed by atoms with E-state index in [1.54, 1.807) is 20.8 Å². The fraction of sp³-hybridized carbons (Fsp3) is 0.679. The van der Waals surface area contributed by atoms with Crippen LogP contribution in [0.1, 0.15) is 53.9 Å². The average Bonchev–Trinajstić information content (AvgIpc) is 2.91. The topological polar surface area (TPSA) is 162 Å². The predicted molar refractivity (Wildman–Crippen MR) is 154 cm³/mol. The lowest BCUT2D eigenvalue weighted by molar-refractivity contribution is -0.159. The number of ether oxygens (including phenoxy) is 7. The zero-order valence-electron chi connectivity index (χ0n) is 25.4. The molecule has 0 saturated heterocycles. The summed E-state index contributed by atoms with van der Waals surface area (Å²) >= 11 is 1.49. The van der Waals surface area contributed by atoms with Crippen LogP contribution in [0.2, 0.25) is 0 Å². The van der Waals surface area contributed by atoms with Crippen LogP contribution in [0.4, 0.5) is 4.79 Å². The maximum absolute atomic E-state index is 12.5. The van der Waals surface area contributed by atoms with E-state index in [2.05, 4.69) is 27.9 Å². The number of methoxy groups -OCH3 is 1. The molecule has 0 saturated carbocycles. The summed E-state index contributed by atoms with van der Waals surface area (Å²) in [7, 11) is 1.34. The van der Waals surface area contributed by atoms with E-state index in [-0.39, 0.29) is 45.4 Å². The number of carbonyl (C=O) groups excluding carboxylic acids is 5. The molecule has 0 bridgehead atoms. The second-order valence-electron chi connectivity index (χ2n) is 10.3. The summed E-state index contributed by atoms with van der Waals surface area (Å²) in [6.45, 7) is 15.3. The number of nitrogens with one attached hydrogen (secondary N) is 1. The van der Waals surface area contributed by atoms with E-state index in [0.29, 0.717) is 24.5 Å². The highest BCUT2D eigenvalue weighted by Gasteiger charge is 2.35. The lowest BCUT2D eigenvalue weighted by Crippen LogP contribution is -2.49. The van der Waals surface area contributed by atoms with Gasteiger partial charge < -0.3 is 38.5 Å². The molecule has 1 amide bonds. The van der Waals surface area contributed by atoms with E-state index in [1.807, 2.05) is 6.92 Å². The Kier molecular flexibility index (Phi) is 18.4. The SMILES string of the molecule is C=COC(=O)CC(C)(CC(=O)OC=C)NC(=O)OCCOC(=O)C(C)(C)CSCCOCOCC(C)(CC)C(=O)OC. The second-order valence-corrected chi connectivity index (χ2v) is 11.4. The first kappa shape index (κ1) is 38.9. The summed E-state index contributed by atoms with van der Waals surface area (Å²) in [6, 6.07) is 0. The Morgan fingerprint density at radius 3 is 1.93 bits per heavy atom. The average molecular weight is 620 g/mol. The van der Waals surface area contributed by atoms with Gasteiger partial charge in [0.25, 0.3) is 0 Å². The van der Waals surface area contributed by atoms with Crippen LogP contribution in [0.5, 0.6) is 0 Å². The summed E-state index contributed by atoms with van der Waals surface area (Å²) < 4.78 is 35.3. The van der Waals surface area contributed by atoms with Crippen molar-refractivity contribution < 1.29 is 57.1 Å². The van der Waals surface area contributed by atoms with Gasteiger partial charge in [0.1, 0.15) is 20.0 Å². The number of alkyl carbamates (subject to hydrolysis) is 1. The molecule has 0 aromatic heterocycles. The van der Waals surface area contributed by atoms with Crippen molar-refractivity contribution in [3.05, 3.63) is 25.7 Å². The fourth-order valence-electron chi connectivity index (χ4n) is 3.24. The van der Waals surface area contributed by atoms with Crippen molar-refractivity contribution in [2.75, 3.05) is 51.8 Å². The number of esters is 4. The minimum Gasteiger partial charge on any atom is -0.469 e. The molecule has 1 unspecified atom stereocenters. The molecule has 0 spiro atoms. The fourth-order valence-corrected chi connectivity index (χ4v) is 4.25. The molecule has 1 N–H and O–H groups in total. The Hall–Kier alpha value is -3.10. The lowest BCUT2D eigenvalue weighted by atomic mass is 9.89. The molecule has 13 nitrogen and oxygen atoms in total. The molecular formula is C28H45NO12S. The van der Waals surface area contributed by atoms with Crippen molar-refractivity contribution >= 4 is 41.7 Å². The van der Waals surface area contributed by atoms with Gasteiger partial charge >= 0.3 is 30.0 Å². The van der Waals surface area contributed by atoms with Gasteiger partial charge in [0.15, 0.2) is 0 Å². The highest BCUT2D eigenvalue weighted by atomic mass is 32.2. The van der Waals surface area contributed by atoms with E-state index in [4.69, 9.17) is 23.7 Å². The smallest absolute Gasteiger partial charge is 0.407 e. The van der Waals surface area contributed by atoms with Gasteiger partial charge in [0.2, 0.25) is 0 Å². The van der Waals surface area contributed by atoms with Crippen molar-refractivity contribution in [3.63, 3.8) is 0 Å². The number of carbonyl (C=O) groups is 5. The standard InChI is InChI=1S/C28H45NO12S/c1-9-27(6,24(33)35-8)18-37-20-36-14-15-42-19-26(4,5)23(32)40-12-13-41-25(34)29-28(7,16-21(30)38-10-2)17-22(31)39-11-3/h10-11H,2-3,9,12-20H2,1,4-8H3,(H,29,34). The third-order valence-electron chi connectivity index (χ3n) is 5.89. The molecule has 42 heavy (non-hydrogen) atoms. The Bertz CT molecular complexity index is 899. The maximum atomic E-state index is 12.5. The van der Waals surface area contributed by atoms with E-state index in [9.17, 15) is 24.0 Å². The molecule has 0 aromatic rings. The number of thioether (sulfide) groups is 1. The lowest BCUT2D eigenvalue weighted by Gasteiger charge is -2.28. The van der Waals surface area contributed by atoms with Gasteiger partial charge in [-0.15, -0.1) is 0 Å². The molecule has 1 atom stereocenters. The third kappa shape index (κ3) is 15.8. The molecule has 0 aromatic carbocycles. The largest absolute Gasteiger partial charge is 0.469 e. The quantitative estimate of drug-likeness (QED) is 0.0617. The summed E-state index contributed by atoms with van der Waals surface area (Å²) in [6.07, 6.45) is 0.760. The Balaban J connectivity index is 4.41. The second kappa shape index (κ2) is 19.9. The van der Waals surface area contributed by atoms with Crippen LogP contribution in [-0.4, -0.2) is 87.3 Å². The van der Waals surface area contributed by atoms with Crippen LogP contribution in [0.3, 0.4) is 0 Å². The van der Waals surface area contributed by atoms with Crippen molar-refractivity contribution in [3.8, 4) is 0 Å². The van der Waals surface area contributed by atoms with Crippen molar-refractivity contribution in [2.45, 2.75) is 59.4 Å². The number of hydrogen-bond donors (Lipinski definition) is 1. The van der Waals surface area contributed by atoms with Crippen molar-refractivity contribution in [2.24, 2.45) is 10.8 Å². The first-order chi connectivity index (χ1) is 19.7. The van der Waals surface area contributed by atoms with Crippen molar-refractivity contribution in [1.82, 2.24) is 5.32 Å². The number of rotatable bonds is 22. The van der Waals surface area contributed by atoms with E-state index < -0.39 is 40.4 Å². The minimum absolute atomic E-state index is 0.0309. The van der Waals surface area contributed by atoms with Gasteiger partial charge in [0.05, 0.1) is 62.1 Å². The third-order valence-corrected chi connectivity index (χ3v) is 7.27. The van der Waals surface area contributed by atoms with Crippen molar-refractivity contribution in [1.29, 1.82) is 0 Å². The van der Waals surface area contributed by atoms with E-state index in [0.717, 1.165) is 12.5 Å². The van der Waals surface area contributed by atoms with E-state index in [1.165, 1.54) is 25.8 Å². The Labute approximate surface area is 251 Å². The van der Waals surface area contributed by atoms with Crippen LogP contribution in [0.15, 0.2) is 25.7 Å². The summed E-state index contributed by atoms with van der Waals surface area (Å²) in [4.78, 5) is 60.4. The molecule has 0 heterocycles. The summed E-state index contributed by atoms with van der Waals surface area (Å²) in [5.74, 6) is -1.22. The van der Waals surface area contributed by atoms with Gasteiger partial charge in [-0.05, 0) is 34.1 Å². The molecule has 240 valence electrons. The molecule has 0 aliphatic carbocycles. The molecule has 0 aliphatic rings. The number of hydrogen-bond acceptors (Lipinski definition) is 13. The van der Waals surface area contributed by atoms with Gasteiger partial charge in [-0.3, -0.25) is 19.2 Å². The molecule has 0 aliphatic heterocycles. The zero-order chi connectivity index (χ0) is 32.2. The first-order valence-electron chi connectivity index (χ1n) is 13.2. The predicted octanol–water partition coefficient (Wildman–Crippen LogP) is 3.51. The van der Waals surface area contributed by atoms with Gasteiger partial charge in [-0.1, -0.05) is 20.1 Å². The Morgan fingerprint density at radius 2 is 1.40 bits per heavy atom. The van der Waals surface area contributed by atoms with Crippen LogP contribution < -0.4 is 5.32 Å². The van der Waals surface area contributed by atoms with Crippen LogP contribution in [0.25, 0.3) is 0 Å². The van der Waals surface area contributed by atoms with Gasteiger partial charge in [-0.25, -0.2) is 4.79 Å². The normalized spacial score (nSPS) is 12.7. The minimum atomic E-state index is -1.39. The molecule has 14 heteroatoms. The Morgan fingerprint density at radius 1 is 0.833 bits per heavy atom. The molecule has 0 fully saturated rings. The highest BCUT2D eigenvalue weighted by molar-refractivity contribution is 7.99. The monoisotopic (exact) mass is 619 g/mol. The summed E-state index contributed by atoms with van der Waals surface area (Å²) in [5.41, 5.74) is -2.93. The first-order valence-corrected chi connectivity index (χ1v) is 14.4. The highest BCUT2D eigenvalue weighted by Crippen LogP contribution is 2.24. The van der Waals surface area contributed by atoms with Gasteiger partial charge in [-0.2, -0.15) is 11.8 Å². The molecule has 0 radical (unpaired) electrons. The van der Waals surface area contributed by atoms with Gasteiger partial charge in [0, 0.05) is 11.5 Å². The maximum Gasteiger partial charge on any atom is 0.407 e. The molecular weight excluding hydrogens is 574 g/mol. The zero-order valence-corrected chi connectivity index (χ0v) is 26.3. The van der Waals surface area contributed by atoms with Crippen LogP contribution in [-0.2, 0) is 52.3 Å². The van der Waals surface area contributed by atoms with Crippen LogP contribution >= 0.6 is 11.8 Å². The van der Waals surface area contributed by atoms with E-state index >= 15 is 0 Å².